The SMILES string of the molecule is CC1(O)C(O)CC2(O)C=COC(OC3OC(CO)C(O)C(O)C3O)C21. The first-order chi connectivity index (χ1) is 11.6. The standard InChI is InChI=1S/C15H24O10/c1-14(21)7(17)4-15(22)2-3-23-13(11(14)15)25-12-10(20)9(19)8(18)6(5-16)24-12/h2-3,6-13,16-22H,4-5H2,1H3. The summed E-state index contributed by atoms with van der Waals surface area (Å²) in [5, 5.41) is 70.1. The molecule has 1 aliphatic carbocycles. The third-order valence-electron chi connectivity index (χ3n) is 5.32. The smallest absolute Gasteiger partial charge is 0.210 e. The van der Waals surface area contributed by atoms with Crippen molar-refractivity contribution in [2.24, 2.45) is 5.92 Å². The Morgan fingerprint density at radius 1 is 1.08 bits per heavy atom. The molecule has 0 bridgehead atoms. The maximum atomic E-state index is 10.7. The van der Waals surface area contributed by atoms with E-state index in [2.05, 4.69) is 0 Å². The van der Waals surface area contributed by atoms with E-state index in [9.17, 15) is 35.7 Å². The number of aliphatic hydroxyl groups excluding tert-OH is 5. The number of fused-ring (bicyclic) bond motifs is 1. The molecule has 3 aliphatic rings. The third kappa shape index (κ3) is 2.97. The predicted molar refractivity (Wildman–Crippen MR) is 78.6 cm³/mol. The molecule has 10 unspecified atom stereocenters. The van der Waals surface area contributed by atoms with E-state index in [-0.39, 0.29) is 6.42 Å². The van der Waals surface area contributed by atoms with Crippen LogP contribution in [0.2, 0.25) is 0 Å². The summed E-state index contributed by atoms with van der Waals surface area (Å²) in [6, 6.07) is 0. The molecule has 1 saturated carbocycles. The second-order valence-electron chi connectivity index (χ2n) is 7.06. The monoisotopic (exact) mass is 364 g/mol. The fraction of sp³-hybridized carbons (Fsp3) is 0.867. The first-order valence-corrected chi connectivity index (χ1v) is 8.04. The highest BCUT2D eigenvalue weighted by Gasteiger charge is 2.64. The summed E-state index contributed by atoms with van der Waals surface area (Å²) in [4.78, 5) is 0. The molecule has 0 radical (unpaired) electrons. The van der Waals surface area contributed by atoms with E-state index in [0.717, 1.165) is 6.26 Å². The normalized spacial score (nSPS) is 55.7. The van der Waals surface area contributed by atoms with E-state index >= 15 is 0 Å². The van der Waals surface area contributed by atoms with Crippen LogP contribution < -0.4 is 0 Å². The van der Waals surface area contributed by atoms with Gasteiger partial charge >= 0.3 is 0 Å². The van der Waals surface area contributed by atoms with Crippen LogP contribution in [0.25, 0.3) is 0 Å². The quantitative estimate of drug-likeness (QED) is 0.267. The molecule has 25 heavy (non-hydrogen) atoms. The van der Waals surface area contributed by atoms with Gasteiger partial charge in [0.2, 0.25) is 6.29 Å². The van der Waals surface area contributed by atoms with Gasteiger partial charge in [-0.25, -0.2) is 0 Å². The minimum absolute atomic E-state index is 0.140. The van der Waals surface area contributed by atoms with Gasteiger partial charge in [0.15, 0.2) is 6.29 Å². The van der Waals surface area contributed by atoms with E-state index in [1.807, 2.05) is 0 Å². The molecule has 0 aromatic carbocycles. The van der Waals surface area contributed by atoms with Gasteiger partial charge in [-0.15, -0.1) is 0 Å². The third-order valence-corrected chi connectivity index (χ3v) is 5.32. The van der Waals surface area contributed by atoms with Gasteiger partial charge in [0.05, 0.1) is 30.5 Å². The fourth-order valence-electron chi connectivity index (χ4n) is 3.78. The number of aliphatic hydroxyl groups is 7. The average Bonchev–Trinajstić information content (AvgIpc) is 2.73. The van der Waals surface area contributed by atoms with Gasteiger partial charge in [-0.2, -0.15) is 0 Å². The first kappa shape index (κ1) is 19.0. The summed E-state index contributed by atoms with van der Waals surface area (Å²) in [5.41, 5.74) is -3.35. The molecule has 10 atom stereocenters. The molecule has 2 aliphatic heterocycles. The topological polar surface area (TPSA) is 169 Å². The van der Waals surface area contributed by atoms with Crippen molar-refractivity contribution in [1.29, 1.82) is 0 Å². The Morgan fingerprint density at radius 3 is 2.40 bits per heavy atom. The summed E-state index contributed by atoms with van der Waals surface area (Å²) in [6.07, 6.45) is -7.74. The van der Waals surface area contributed by atoms with Crippen LogP contribution in [-0.2, 0) is 14.2 Å². The van der Waals surface area contributed by atoms with E-state index in [0.29, 0.717) is 0 Å². The van der Waals surface area contributed by atoms with Gasteiger partial charge in [-0.1, -0.05) is 0 Å². The van der Waals surface area contributed by atoms with Gasteiger partial charge in [0.25, 0.3) is 0 Å². The summed E-state index contributed by atoms with van der Waals surface area (Å²) < 4.78 is 16.0. The van der Waals surface area contributed by atoms with Crippen molar-refractivity contribution in [1.82, 2.24) is 0 Å². The van der Waals surface area contributed by atoms with Crippen molar-refractivity contribution >= 4 is 0 Å². The number of rotatable bonds is 3. The molecule has 1 saturated heterocycles. The second kappa shape index (κ2) is 6.41. The summed E-state index contributed by atoms with van der Waals surface area (Å²) in [5.74, 6) is -1.10. The molecule has 0 amide bonds. The van der Waals surface area contributed by atoms with E-state index < -0.39 is 66.8 Å². The van der Waals surface area contributed by atoms with Gasteiger partial charge in [0, 0.05) is 6.42 Å². The Morgan fingerprint density at radius 2 is 1.76 bits per heavy atom. The summed E-state index contributed by atoms with van der Waals surface area (Å²) >= 11 is 0. The molecule has 144 valence electrons. The Balaban J connectivity index is 1.81. The maximum Gasteiger partial charge on any atom is 0.210 e. The lowest BCUT2D eigenvalue weighted by molar-refractivity contribution is -0.351. The second-order valence-corrected chi connectivity index (χ2v) is 7.06. The molecule has 0 aromatic rings. The highest BCUT2D eigenvalue weighted by molar-refractivity contribution is 5.20. The van der Waals surface area contributed by atoms with Gasteiger partial charge in [-0.3, -0.25) is 0 Å². The van der Waals surface area contributed by atoms with Crippen LogP contribution in [0.15, 0.2) is 12.3 Å². The molecule has 7 N–H and O–H groups in total. The fourth-order valence-corrected chi connectivity index (χ4v) is 3.78. The van der Waals surface area contributed by atoms with Crippen LogP contribution in [0, 0.1) is 5.92 Å². The minimum atomic E-state index is -1.75. The molecule has 3 rings (SSSR count). The Labute approximate surface area is 143 Å². The van der Waals surface area contributed by atoms with Crippen molar-refractivity contribution < 1.29 is 50.0 Å². The van der Waals surface area contributed by atoms with Crippen LogP contribution >= 0.6 is 0 Å². The molecule has 10 heteroatoms. The van der Waals surface area contributed by atoms with Crippen LogP contribution in [-0.4, -0.2) is 96.7 Å². The molecule has 2 heterocycles. The van der Waals surface area contributed by atoms with E-state index in [1.165, 1.54) is 13.0 Å². The highest BCUT2D eigenvalue weighted by atomic mass is 16.8. The zero-order chi connectivity index (χ0) is 18.6. The lowest BCUT2D eigenvalue weighted by Crippen LogP contribution is -2.61. The molecule has 0 aromatic heterocycles. The van der Waals surface area contributed by atoms with Crippen molar-refractivity contribution in [3.05, 3.63) is 12.3 Å². The largest absolute Gasteiger partial charge is 0.472 e. The zero-order valence-electron chi connectivity index (χ0n) is 13.5. The summed E-state index contributed by atoms with van der Waals surface area (Å²) in [6.45, 7) is 0.701. The van der Waals surface area contributed by atoms with Gasteiger partial charge in [0.1, 0.15) is 30.0 Å². The highest BCUT2D eigenvalue weighted by Crippen LogP contribution is 2.49. The lowest BCUT2D eigenvalue weighted by Gasteiger charge is -2.45. The zero-order valence-corrected chi connectivity index (χ0v) is 13.5. The van der Waals surface area contributed by atoms with E-state index in [1.54, 1.807) is 0 Å². The van der Waals surface area contributed by atoms with Crippen LogP contribution in [0.3, 0.4) is 0 Å². The number of hydrogen-bond acceptors (Lipinski definition) is 10. The maximum absolute atomic E-state index is 10.7. The van der Waals surface area contributed by atoms with Crippen LogP contribution in [0.5, 0.6) is 0 Å². The Kier molecular flexibility index (Phi) is 4.86. The van der Waals surface area contributed by atoms with Crippen molar-refractivity contribution in [2.75, 3.05) is 6.61 Å². The van der Waals surface area contributed by atoms with Crippen LogP contribution in [0.4, 0.5) is 0 Å². The number of ether oxygens (including phenoxy) is 3. The molecule has 0 spiro atoms. The molecular formula is C15H24O10. The first-order valence-electron chi connectivity index (χ1n) is 8.04. The van der Waals surface area contributed by atoms with Crippen LogP contribution in [0.1, 0.15) is 13.3 Å². The number of hydrogen-bond donors (Lipinski definition) is 7. The Bertz CT molecular complexity index is 522. The molecule has 10 nitrogen and oxygen atoms in total. The molecular weight excluding hydrogens is 340 g/mol. The summed E-state index contributed by atoms with van der Waals surface area (Å²) in [7, 11) is 0. The van der Waals surface area contributed by atoms with Crippen molar-refractivity contribution in [3.8, 4) is 0 Å². The average molecular weight is 364 g/mol. The minimum Gasteiger partial charge on any atom is -0.472 e. The Hall–Kier alpha value is -0.820. The van der Waals surface area contributed by atoms with Crippen molar-refractivity contribution in [2.45, 2.75) is 67.6 Å². The molecule has 2 fully saturated rings. The van der Waals surface area contributed by atoms with Gasteiger partial charge < -0.3 is 50.0 Å². The lowest BCUT2D eigenvalue weighted by atomic mass is 9.81. The van der Waals surface area contributed by atoms with E-state index in [4.69, 9.17) is 14.2 Å². The van der Waals surface area contributed by atoms with Gasteiger partial charge in [-0.05, 0) is 13.0 Å². The van der Waals surface area contributed by atoms with Crippen molar-refractivity contribution in [3.63, 3.8) is 0 Å². The predicted octanol–water partition coefficient (Wildman–Crippen LogP) is -3.46.